The Morgan fingerprint density at radius 3 is 2.74 bits per heavy atom. The monoisotopic (exact) mass is 441 g/mol. The number of nitrogens with one attached hydrogen (secondary N) is 1. The van der Waals surface area contributed by atoms with E-state index in [0.717, 1.165) is 5.39 Å². The van der Waals surface area contributed by atoms with E-state index in [1.807, 2.05) is 0 Å². The first-order valence-corrected chi connectivity index (χ1v) is 10.1. The predicted molar refractivity (Wildman–Crippen MR) is 115 cm³/mol. The third-order valence-corrected chi connectivity index (χ3v) is 5.56. The lowest BCUT2D eigenvalue weighted by Gasteiger charge is -2.18. The van der Waals surface area contributed by atoms with E-state index in [-0.39, 0.29) is 12.2 Å². The highest BCUT2D eigenvalue weighted by Gasteiger charge is 2.26. The summed E-state index contributed by atoms with van der Waals surface area (Å²) in [7, 11) is 0. The fourth-order valence-electron chi connectivity index (χ4n) is 3.45. The molecule has 0 saturated carbocycles. The van der Waals surface area contributed by atoms with Crippen LogP contribution in [0.4, 0.5) is 0 Å². The summed E-state index contributed by atoms with van der Waals surface area (Å²) in [6, 6.07) is 1.30. The molecule has 0 fully saturated rings. The second-order valence-corrected chi connectivity index (χ2v) is 7.66. The average molecular weight is 442 g/mol. The minimum Gasteiger partial charge on any atom is -0.481 e. The molecule has 4 rings (SSSR count). The van der Waals surface area contributed by atoms with Crippen molar-refractivity contribution in [1.29, 1.82) is 0 Å². The van der Waals surface area contributed by atoms with Crippen molar-refractivity contribution in [3.05, 3.63) is 41.4 Å². The molecule has 0 unspecified atom stereocenters. The number of nitrogens with zero attached hydrogens (tertiary/aromatic N) is 4. The van der Waals surface area contributed by atoms with Gasteiger partial charge in [0.05, 0.1) is 28.5 Å². The summed E-state index contributed by atoms with van der Waals surface area (Å²) >= 11 is 6.10. The van der Waals surface area contributed by atoms with E-state index in [1.165, 1.54) is 0 Å². The maximum Gasteiger partial charge on any atom is 0.340 e. The Morgan fingerprint density at radius 2 is 2.03 bits per heavy atom. The normalized spacial score (nSPS) is 13.4. The van der Waals surface area contributed by atoms with Gasteiger partial charge in [0.1, 0.15) is 11.3 Å². The number of hydrogen-bond donors (Lipinski definition) is 2. The third kappa shape index (κ3) is 3.61. The van der Waals surface area contributed by atoms with Gasteiger partial charge in [0.2, 0.25) is 0 Å². The molecule has 0 aliphatic rings. The molecule has 0 aromatic carbocycles. The summed E-state index contributed by atoms with van der Waals surface area (Å²) in [6.07, 6.45) is 6.41. The van der Waals surface area contributed by atoms with Crippen molar-refractivity contribution in [3.63, 3.8) is 0 Å². The molecule has 2 N–H and O–H groups in total. The van der Waals surface area contributed by atoms with Crippen LogP contribution in [0.1, 0.15) is 37.2 Å². The van der Waals surface area contributed by atoms with Gasteiger partial charge in [-0.05, 0) is 26.8 Å². The maximum atomic E-state index is 12.5. The zero-order chi connectivity index (χ0) is 22.3. The standard InChI is InChI=1S/C21H20ClN5O4/c1-4-31-21(30)16-9-27(11(3)10(2)20(28)29)19-15(16)8-25-18(26-19)14-7-24-17-13(14)5-12(22)6-23-17/h5-11H,4H2,1-3H3,(H,23,24)(H,28,29)/t10-,11-/m1/s1. The van der Waals surface area contributed by atoms with Gasteiger partial charge in [0, 0.05) is 41.8 Å². The zero-order valence-corrected chi connectivity index (χ0v) is 17.8. The number of hydrogen-bond acceptors (Lipinski definition) is 6. The van der Waals surface area contributed by atoms with Crippen LogP contribution in [0.15, 0.2) is 30.9 Å². The number of ether oxygens (including phenoxy) is 1. The van der Waals surface area contributed by atoms with Crippen molar-refractivity contribution < 1.29 is 19.4 Å². The molecule has 0 aliphatic carbocycles. The van der Waals surface area contributed by atoms with Crippen LogP contribution in [0.5, 0.6) is 0 Å². The summed E-state index contributed by atoms with van der Waals surface area (Å²) in [6.45, 7) is 5.31. The average Bonchev–Trinajstić information content (AvgIpc) is 3.33. The SMILES string of the molecule is CCOC(=O)c1cn([C@H](C)[C@@H](C)C(=O)O)c2nc(-c3c[nH]c4ncc(Cl)cc34)ncc12. The molecule has 160 valence electrons. The van der Waals surface area contributed by atoms with Crippen LogP contribution < -0.4 is 0 Å². The van der Waals surface area contributed by atoms with E-state index < -0.39 is 23.9 Å². The van der Waals surface area contributed by atoms with Crippen LogP contribution in [0.25, 0.3) is 33.5 Å². The van der Waals surface area contributed by atoms with Gasteiger partial charge in [-0.15, -0.1) is 0 Å². The maximum absolute atomic E-state index is 12.5. The molecule has 31 heavy (non-hydrogen) atoms. The van der Waals surface area contributed by atoms with Gasteiger partial charge in [-0.2, -0.15) is 0 Å². The number of aromatic amines is 1. The lowest BCUT2D eigenvalue weighted by atomic mass is 10.0. The lowest BCUT2D eigenvalue weighted by molar-refractivity contribution is -0.142. The zero-order valence-electron chi connectivity index (χ0n) is 17.1. The summed E-state index contributed by atoms with van der Waals surface area (Å²) < 4.78 is 6.84. The van der Waals surface area contributed by atoms with Crippen LogP contribution in [0.2, 0.25) is 5.02 Å². The van der Waals surface area contributed by atoms with Crippen molar-refractivity contribution in [2.24, 2.45) is 5.92 Å². The first-order chi connectivity index (χ1) is 14.8. The number of carbonyl (C=O) groups excluding carboxylic acids is 1. The van der Waals surface area contributed by atoms with E-state index in [1.54, 1.807) is 56.2 Å². The van der Waals surface area contributed by atoms with Crippen LogP contribution in [0.3, 0.4) is 0 Å². The Bertz CT molecular complexity index is 1310. The van der Waals surface area contributed by atoms with E-state index in [2.05, 4.69) is 19.9 Å². The summed E-state index contributed by atoms with van der Waals surface area (Å²) in [5, 5.41) is 11.2. The molecule has 0 aliphatic heterocycles. The number of carboxylic acid groups (broad SMARTS) is 1. The Kier molecular flexibility index (Phi) is 5.36. The van der Waals surface area contributed by atoms with E-state index in [0.29, 0.717) is 33.1 Å². The molecule has 4 aromatic rings. The smallest absolute Gasteiger partial charge is 0.340 e. The molecule has 9 nitrogen and oxygen atoms in total. The van der Waals surface area contributed by atoms with Crippen molar-refractivity contribution in [2.75, 3.05) is 6.61 Å². The Balaban J connectivity index is 1.92. The second kappa shape index (κ2) is 7.99. The number of carbonyl (C=O) groups is 2. The topological polar surface area (TPSA) is 123 Å². The summed E-state index contributed by atoms with van der Waals surface area (Å²) in [5.74, 6) is -1.77. The van der Waals surface area contributed by atoms with Gasteiger partial charge >= 0.3 is 11.9 Å². The highest BCUT2D eigenvalue weighted by atomic mass is 35.5. The number of aliphatic carboxylic acids is 1. The fourth-order valence-corrected chi connectivity index (χ4v) is 3.61. The van der Waals surface area contributed by atoms with Crippen molar-refractivity contribution in [1.82, 2.24) is 24.5 Å². The number of pyridine rings is 1. The molecule has 2 atom stereocenters. The van der Waals surface area contributed by atoms with Gasteiger partial charge in [-0.1, -0.05) is 11.6 Å². The first-order valence-electron chi connectivity index (χ1n) is 9.72. The third-order valence-electron chi connectivity index (χ3n) is 5.36. The molecular formula is C21H20ClN5O4. The van der Waals surface area contributed by atoms with E-state index in [4.69, 9.17) is 16.3 Å². The van der Waals surface area contributed by atoms with E-state index in [9.17, 15) is 14.7 Å². The number of halogens is 1. The quantitative estimate of drug-likeness (QED) is 0.432. The number of esters is 1. The molecule has 0 amide bonds. The van der Waals surface area contributed by atoms with Gasteiger partial charge in [0.15, 0.2) is 5.82 Å². The van der Waals surface area contributed by atoms with Gasteiger partial charge in [-0.25, -0.2) is 19.7 Å². The van der Waals surface area contributed by atoms with Gasteiger partial charge < -0.3 is 19.4 Å². The number of rotatable bonds is 6. The van der Waals surface area contributed by atoms with E-state index >= 15 is 0 Å². The number of fused-ring (bicyclic) bond motifs is 2. The van der Waals surface area contributed by atoms with Crippen LogP contribution in [-0.2, 0) is 9.53 Å². The number of H-pyrrole nitrogens is 1. The summed E-state index contributed by atoms with van der Waals surface area (Å²) in [5.41, 5.74) is 2.06. The van der Waals surface area contributed by atoms with Gasteiger partial charge in [0.25, 0.3) is 0 Å². The van der Waals surface area contributed by atoms with Crippen LogP contribution in [-0.4, -0.2) is 48.2 Å². The molecule has 0 bridgehead atoms. The van der Waals surface area contributed by atoms with Crippen LogP contribution in [0, 0.1) is 5.92 Å². The molecule has 10 heteroatoms. The lowest BCUT2D eigenvalue weighted by Crippen LogP contribution is -2.21. The summed E-state index contributed by atoms with van der Waals surface area (Å²) in [4.78, 5) is 40.5. The highest BCUT2D eigenvalue weighted by Crippen LogP contribution is 2.31. The number of aromatic nitrogens is 5. The minimum absolute atomic E-state index is 0.217. The number of carboxylic acids is 1. The molecule has 4 heterocycles. The van der Waals surface area contributed by atoms with Gasteiger partial charge in [-0.3, -0.25) is 4.79 Å². The second-order valence-electron chi connectivity index (χ2n) is 7.22. The molecule has 0 saturated heterocycles. The Hall–Kier alpha value is -3.46. The van der Waals surface area contributed by atoms with Crippen molar-refractivity contribution >= 4 is 45.6 Å². The largest absolute Gasteiger partial charge is 0.481 e. The van der Waals surface area contributed by atoms with Crippen molar-refractivity contribution in [3.8, 4) is 11.4 Å². The Morgan fingerprint density at radius 1 is 1.26 bits per heavy atom. The molecule has 0 spiro atoms. The van der Waals surface area contributed by atoms with Crippen LogP contribution >= 0.6 is 11.6 Å². The molecule has 4 aromatic heterocycles. The Labute approximate surface area is 182 Å². The molecular weight excluding hydrogens is 422 g/mol. The highest BCUT2D eigenvalue weighted by molar-refractivity contribution is 6.31. The fraction of sp³-hybridized carbons (Fsp3) is 0.286. The van der Waals surface area contributed by atoms with Crippen molar-refractivity contribution in [2.45, 2.75) is 26.8 Å². The minimum atomic E-state index is -0.946. The predicted octanol–water partition coefficient (Wildman–Crippen LogP) is 4.09. The first kappa shape index (κ1) is 20.8. The molecule has 0 radical (unpaired) electrons.